The fraction of sp³-hybridized carbons (Fsp3) is 0.286. The maximum absolute atomic E-state index is 13.2. The summed E-state index contributed by atoms with van der Waals surface area (Å²) in [6.45, 7) is 10.7. The highest BCUT2D eigenvalue weighted by Crippen LogP contribution is 2.30. The summed E-state index contributed by atoms with van der Waals surface area (Å²) in [6, 6.07) is 19.3. The van der Waals surface area contributed by atoms with Gasteiger partial charge in [0.1, 0.15) is 0 Å². The Morgan fingerprint density at radius 2 is 1.70 bits per heavy atom. The first-order chi connectivity index (χ1) is 21.2. The molecule has 224 valence electrons. The number of hydrogen-bond acceptors (Lipinski definition) is 6. The number of amides is 2. The topological polar surface area (TPSA) is 102 Å². The Kier molecular flexibility index (Phi) is 7.97. The largest absolute Gasteiger partial charge is 0.378 e. The molecule has 2 aromatic carbocycles. The summed E-state index contributed by atoms with van der Waals surface area (Å²) in [5.41, 5.74) is 8.18. The fourth-order valence-corrected chi connectivity index (χ4v) is 5.41. The number of fused-ring (bicyclic) bond motifs is 1. The van der Waals surface area contributed by atoms with Crippen molar-refractivity contribution in [1.29, 1.82) is 0 Å². The van der Waals surface area contributed by atoms with Gasteiger partial charge >= 0.3 is 0 Å². The van der Waals surface area contributed by atoms with Crippen molar-refractivity contribution in [1.82, 2.24) is 24.5 Å². The van der Waals surface area contributed by atoms with Gasteiger partial charge in [-0.2, -0.15) is 5.10 Å². The van der Waals surface area contributed by atoms with Gasteiger partial charge in [-0.25, -0.2) is 9.50 Å². The number of nitrogens with zero attached hydrogens (tertiary/aromatic N) is 5. The van der Waals surface area contributed by atoms with Crippen molar-refractivity contribution in [3.05, 3.63) is 113 Å². The van der Waals surface area contributed by atoms with Gasteiger partial charge in [-0.3, -0.25) is 14.6 Å². The molecule has 5 aromatic rings. The molecule has 0 atom stereocenters. The number of aromatic nitrogens is 4. The summed E-state index contributed by atoms with van der Waals surface area (Å²) in [7, 11) is 0. The molecule has 1 aliphatic heterocycles. The Hall–Kier alpha value is -4.89. The zero-order valence-electron chi connectivity index (χ0n) is 25.5. The molecule has 0 radical (unpaired) electrons. The van der Waals surface area contributed by atoms with Gasteiger partial charge in [-0.15, -0.1) is 0 Å². The van der Waals surface area contributed by atoms with Crippen LogP contribution in [0.15, 0.2) is 79.3 Å². The second-order valence-electron chi connectivity index (χ2n) is 12.1. The van der Waals surface area contributed by atoms with Gasteiger partial charge in [0.15, 0.2) is 5.65 Å². The average molecular weight is 589 g/mol. The van der Waals surface area contributed by atoms with E-state index in [0.717, 1.165) is 39.4 Å². The number of imidazole rings is 1. The predicted octanol–water partition coefficient (Wildman–Crippen LogP) is 5.71. The standard InChI is InChI=1S/C35H36N6O3/c1-23-29(6-5-7-30(23)38-33(42)24-8-11-27(12-9-24)35(2,3)4)31-21-26(32-36-14-15-41(32)39-31)20-28-13-10-25(22-37-28)34(43)40-16-18-44-19-17-40/h5-15,21-22H,16-20H2,1-4H3,(H,38,42). The van der Waals surface area contributed by atoms with Gasteiger partial charge in [0.05, 0.1) is 24.5 Å². The molecular formula is C35H36N6O3. The zero-order valence-corrected chi connectivity index (χ0v) is 25.5. The van der Waals surface area contributed by atoms with Gasteiger partial charge in [-0.1, -0.05) is 45.0 Å². The highest BCUT2D eigenvalue weighted by atomic mass is 16.5. The monoisotopic (exact) mass is 588 g/mol. The normalized spacial score (nSPS) is 13.7. The zero-order chi connectivity index (χ0) is 30.8. The third-order valence-electron chi connectivity index (χ3n) is 8.05. The number of ether oxygens (including phenoxy) is 1. The summed E-state index contributed by atoms with van der Waals surface area (Å²) < 4.78 is 7.13. The first kappa shape index (κ1) is 29.2. The Labute approximate surface area is 256 Å². The molecule has 2 amide bonds. The lowest BCUT2D eigenvalue weighted by Gasteiger charge is -2.26. The lowest BCUT2D eigenvalue weighted by molar-refractivity contribution is 0.0302. The van der Waals surface area contributed by atoms with Crippen LogP contribution in [0.25, 0.3) is 16.9 Å². The van der Waals surface area contributed by atoms with Crippen LogP contribution >= 0.6 is 0 Å². The van der Waals surface area contributed by atoms with Crippen LogP contribution < -0.4 is 5.32 Å². The minimum absolute atomic E-state index is 0.0176. The fourth-order valence-electron chi connectivity index (χ4n) is 5.41. The number of benzene rings is 2. The molecule has 44 heavy (non-hydrogen) atoms. The van der Waals surface area contributed by atoms with E-state index >= 15 is 0 Å². The number of pyridine rings is 1. The van der Waals surface area contributed by atoms with Crippen LogP contribution in [-0.2, 0) is 16.6 Å². The van der Waals surface area contributed by atoms with Crippen molar-refractivity contribution in [2.45, 2.75) is 39.5 Å². The number of carbonyl (C=O) groups excluding carboxylic acids is 2. The Balaban J connectivity index is 1.24. The van der Waals surface area contributed by atoms with Crippen LogP contribution in [0.4, 0.5) is 5.69 Å². The summed E-state index contributed by atoms with van der Waals surface area (Å²) >= 11 is 0. The van der Waals surface area contributed by atoms with E-state index < -0.39 is 0 Å². The molecule has 3 aromatic heterocycles. The summed E-state index contributed by atoms with van der Waals surface area (Å²) in [4.78, 5) is 36.9. The van der Waals surface area contributed by atoms with E-state index in [2.05, 4.69) is 36.1 Å². The van der Waals surface area contributed by atoms with Crippen molar-refractivity contribution < 1.29 is 14.3 Å². The number of rotatable bonds is 6. The first-order valence-electron chi connectivity index (χ1n) is 14.8. The second kappa shape index (κ2) is 12.0. The molecule has 1 N–H and O–H groups in total. The maximum atomic E-state index is 13.2. The van der Waals surface area contributed by atoms with Gasteiger partial charge in [0.25, 0.3) is 11.8 Å². The van der Waals surface area contributed by atoms with Crippen molar-refractivity contribution in [2.24, 2.45) is 0 Å². The predicted molar refractivity (Wildman–Crippen MR) is 170 cm³/mol. The molecular weight excluding hydrogens is 552 g/mol. The average Bonchev–Trinajstić information content (AvgIpc) is 3.51. The van der Waals surface area contributed by atoms with E-state index in [1.807, 2.05) is 73.8 Å². The molecule has 1 aliphatic rings. The second-order valence-corrected chi connectivity index (χ2v) is 12.1. The van der Waals surface area contributed by atoms with Crippen LogP contribution in [-0.4, -0.2) is 62.6 Å². The van der Waals surface area contributed by atoms with E-state index in [0.29, 0.717) is 43.9 Å². The Morgan fingerprint density at radius 1 is 0.955 bits per heavy atom. The molecule has 0 saturated carbocycles. The van der Waals surface area contributed by atoms with Gasteiger partial charge in [0, 0.05) is 66.2 Å². The molecule has 9 heteroatoms. The van der Waals surface area contributed by atoms with Crippen molar-refractivity contribution in [3.63, 3.8) is 0 Å². The molecule has 0 unspecified atom stereocenters. The number of carbonyl (C=O) groups is 2. The van der Waals surface area contributed by atoms with E-state index in [1.54, 1.807) is 21.8 Å². The van der Waals surface area contributed by atoms with E-state index in [-0.39, 0.29) is 17.2 Å². The van der Waals surface area contributed by atoms with E-state index in [9.17, 15) is 9.59 Å². The smallest absolute Gasteiger partial charge is 0.255 e. The highest BCUT2D eigenvalue weighted by molar-refractivity contribution is 6.05. The van der Waals surface area contributed by atoms with Gasteiger partial charge in [-0.05, 0) is 59.9 Å². The van der Waals surface area contributed by atoms with E-state index in [1.165, 1.54) is 5.56 Å². The molecule has 0 bridgehead atoms. The van der Waals surface area contributed by atoms with Crippen molar-refractivity contribution >= 4 is 23.1 Å². The van der Waals surface area contributed by atoms with Crippen LogP contribution in [0.3, 0.4) is 0 Å². The lowest BCUT2D eigenvalue weighted by Crippen LogP contribution is -2.40. The van der Waals surface area contributed by atoms with Crippen LogP contribution in [0.5, 0.6) is 0 Å². The molecule has 6 rings (SSSR count). The third kappa shape index (κ3) is 6.09. The number of nitrogens with one attached hydrogen (secondary N) is 1. The maximum Gasteiger partial charge on any atom is 0.255 e. The van der Waals surface area contributed by atoms with Crippen molar-refractivity contribution in [3.8, 4) is 11.3 Å². The number of morpholine rings is 1. The van der Waals surface area contributed by atoms with Crippen LogP contribution in [0, 0.1) is 6.92 Å². The molecule has 1 fully saturated rings. The molecule has 0 spiro atoms. The number of anilines is 1. The van der Waals surface area contributed by atoms with Gasteiger partial charge < -0.3 is 15.0 Å². The molecule has 1 saturated heterocycles. The lowest BCUT2D eigenvalue weighted by atomic mass is 9.86. The van der Waals surface area contributed by atoms with Crippen LogP contribution in [0.2, 0.25) is 0 Å². The quantitative estimate of drug-likeness (QED) is 0.273. The molecule has 9 nitrogen and oxygen atoms in total. The van der Waals surface area contributed by atoms with E-state index in [4.69, 9.17) is 9.84 Å². The Morgan fingerprint density at radius 3 is 2.41 bits per heavy atom. The highest BCUT2D eigenvalue weighted by Gasteiger charge is 2.20. The number of hydrogen-bond donors (Lipinski definition) is 1. The Bertz CT molecular complexity index is 1810. The summed E-state index contributed by atoms with van der Waals surface area (Å²) in [6.07, 6.45) is 5.71. The first-order valence-corrected chi connectivity index (χ1v) is 14.8. The van der Waals surface area contributed by atoms with Gasteiger partial charge in [0.2, 0.25) is 0 Å². The molecule has 4 heterocycles. The summed E-state index contributed by atoms with van der Waals surface area (Å²) in [5, 5.41) is 7.92. The van der Waals surface area contributed by atoms with Crippen molar-refractivity contribution in [2.75, 3.05) is 31.6 Å². The minimum atomic E-state index is -0.161. The SMILES string of the molecule is Cc1c(NC(=O)c2ccc(C(C)(C)C)cc2)cccc1-c1cc(Cc2ccc(C(=O)N3CCOCC3)cn2)c2nccn2n1. The minimum Gasteiger partial charge on any atom is -0.378 e. The van der Waals surface area contributed by atoms with Crippen LogP contribution in [0.1, 0.15) is 63.9 Å². The molecule has 0 aliphatic carbocycles. The third-order valence-corrected chi connectivity index (χ3v) is 8.05. The summed E-state index contributed by atoms with van der Waals surface area (Å²) in [5.74, 6) is -0.190.